The number of hydrogen-bond donors (Lipinski definition) is 3. The number of amides is 2. The van der Waals surface area contributed by atoms with E-state index in [1.165, 1.54) is 0 Å². The molecule has 11 heteroatoms. The van der Waals surface area contributed by atoms with E-state index in [1.807, 2.05) is 0 Å². The van der Waals surface area contributed by atoms with E-state index in [0.29, 0.717) is 12.1 Å². The third kappa shape index (κ3) is 5.11. The van der Waals surface area contributed by atoms with Gasteiger partial charge in [-0.1, -0.05) is 11.6 Å². The van der Waals surface area contributed by atoms with E-state index in [4.69, 9.17) is 30.2 Å². The first kappa shape index (κ1) is 18.1. The Kier molecular flexibility index (Phi) is 5.79. The Hall–Kier alpha value is -3.27. The fourth-order valence-corrected chi connectivity index (χ4v) is 1.77. The number of anilines is 1. The van der Waals surface area contributed by atoms with Crippen molar-refractivity contribution in [3.05, 3.63) is 68.2 Å². The third-order valence-electron chi connectivity index (χ3n) is 2.69. The molecule has 0 saturated heterocycles. The Morgan fingerprint density at radius 2 is 1.64 bits per heavy atom. The van der Waals surface area contributed by atoms with Crippen molar-refractivity contribution in [2.75, 3.05) is 5.73 Å². The monoisotopic (exact) mass is 373 g/mol. The van der Waals surface area contributed by atoms with Gasteiger partial charge in [0.15, 0.2) is 0 Å². The smallest absolute Gasteiger partial charge is 0.288 e. The molecule has 2 aromatic rings. The molecule has 0 saturated carbocycles. The van der Waals surface area contributed by atoms with Crippen molar-refractivity contribution in [1.29, 1.82) is 0 Å². The van der Waals surface area contributed by atoms with E-state index in [0.717, 1.165) is 12.1 Å². The number of benzene rings is 2. The number of carbonyl (C=O) groups excluding carboxylic acids is 2. The summed E-state index contributed by atoms with van der Waals surface area (Å²) in [6.45, 7) is 0. The summed E-state index contributed by atoms with van der Waals surface area (Å²) < 4.78 is 32.8. The lowest BCUT2D eigenvalue weighted by atomic mass is 10.2. The number of carbonyl (C=O) groups is 2. The minimum atomic E-state index is -1.08. The number of nitrogens with zero attached hydrogens (tertiary/aromatic N) is 1. The number of nitro benzene ring substituents is 1. The second-order valence-electron chi connectivity index (χ2n) is 4.42. The van der Waals surface area contributed by atoms with Gasteiger partial charge in [0, 0.05) is 17.8 Å². The highest BCUT2D eigenvalue weighted by Crippen LogP contribution is 2.27. The summed E-state index contributed by atoms with van der Waals surface area (Å²) in [5.41, 5.74) is 13.5. The number of rotatable bonds is 3. The van der Waals surface area contributed by atoms with Crippen molar-refractivity contribution in [2.24, 2.45) is 11.5 Å². The summed E-state index contributed by atoms with van der Waals surface area (Å²) in [6, 6.07) is 3.15. The van der Waals surface area contributed by atoms with Crippen LogP contribution in [0.2, 0.25) is 5.02 Å². The summed E-state index contributed by atoms with van der Waals surface area (Å²) in [6.07, 6.45) is 0. The van der Waals surface area contributed by atoms with E-state index >= 15 is 0 Å². The summed E-state index contributed by atoms with van der Waals surface area (Å²) >= 11 is 5.37. The highest BCUT2D eigenvalue weighted by molar-refractivity contribution is 6.32. The minimum Gasteiger partial charge on any atom is -0.399 e. The Bertz CT molecular complexity index is 876. The molecule has 6 N–H and O–H groups in total. The first-order valence-corrected chi connectivity index (χ1v) is 6.62. The van der Waals surface area contributed by atoms with Gasteiger partial charge in [0.1, 0.15) is 16.7 Å². The first-order chi connectivity index (χ1) is 12.0. The fraction of sp³-hybridized carbons (Fsp3) is 0. The summed E-state index contributed by atoms with van der Waals surface area (Å²) in [4.78, 5) is 30.7. The minimum absolute atomic E-state index is 0.0326. The van der Waals surface area contributed by atoms with E-state index in [2.05, 4.69) is 0 Å². The molecule has 0 aliphatic heterocycles. The zero-order valence-electron chi connectivity index (χ0n) is 13.3. The van der Waals surface area contributed by atoms with E-state index in [-0.39, 0.29) is 22.3 Å². The molecule has 2 rings (SSSR count). The molecular weight excluding hydrogens is 362 g/mol. The van der Waals surface area contributed by atoms with Gasteiger partial charge in [-0.15, -0.1) is 0 Å². The molecule has 0 aromatic heterocycles. The average Bonchev–Trinajstić information content (AvgIpc) is 2.50. The van der Waals surface area contributed by atoms with Crippen molar-refractivity contribution in [3.63, 3.8) is 0 Å². The molecule has 0 spiro atoms. The second-order valence-corrected chi connectivity index (χ2v) is 4.83. The fourth-order valence-electron chi connectivity index (χ4n) is 1.55. The normalized spacial score (nSPS) is 10.3. The van der Waals surface area contributed by atoms with Crippen molar-refractivity contribution in [3.8, 4) is 0 Å². The van der Waals surface area contributed by atoms with Crippen molar-refractivity contribution < 1.29 is 24.7 Å². The zero-order chi connectivity index (χ0) is 20.2. The van der Waals surface area contributed by atoms with Gasteiger partial charge in [-0.05, 0) is 18.2 Å². The lowest BCUT2D eigenvalue weighted by molar-refractivity contribution is -0.384. The number of nitrogens with two attached hydrogens (primary N) is 3. The summed E-state index contributed by atoms with van der Waals surface area (Å²) in [5, 5.41) is 9.98. The molecule has 0 fully saturated rings. The van der Waals surface area contributed by atoms with Crippen LogP contribution in [0.1, 0.15) is 22.1 Å². The van der Waals surface area contributed by atoms with Crippen LogP contribution in [0.3, 0.4) is 0 Å². The molecule has 25 heavy (non-hydrogen) atoms. The van der Waals surface area contributed by atoms with Crippen molar-refractivity contribution in [2.45, 2.75) is 0 Å². The van der Waals surface area contributed by atoms with Crippen LogP contribution in [0.15, 0.2) is 30.3 Å². The number of nitro groups is 1. The Morgan fingerprint density at radius 3 is 2.12 bits per heavy atom. The molecule has 2 amide bonds. The third-order valence-corrected chi connectivity index (χ3v) is 2.99. The molecule has 0 atom stereocenters. The Balaban J connectivity index is 0.000000263. The van der Waals surface area contributed by atoms with Gasteiger partial charge in [0.2, 0.25) is 0 Å². The molecular formula is C14H11ClF2N4O4. The van der Waals surface area contributed by atoms with E-state index in [1.54, 1.807) is 0 Å². The van der Waals surface area contributed by atoms with E-state index < -0.39 is 39.6 Å². The first-order valence-electron chi connectivity index (χ1n) is 6.74. The van der Waals surface area contributed by atoms with Crippen LogP contribution in [0, 0.1) is 21.7 Å². The topological polar surface area (TPSA) is 155 Å². The van der Waals surface area contributed by atoms with Gasteiger partial charge < -0.3 is 17.2 Å². The molecule has 0 heterocycles. The molecule has 0 aliphatic rings. The number of primary amides is 2. The van der Waals surface area contributed by atoms with Crippen LogP contribution >= 0.6 is 11.6 Å². The summed E-state index contributed by atoms with van der Waals surface area (Å²) in [7, 11) is 0. The predicted octanol–water partition coefficient (Wildman–Crippen LogP) is 1.99. The van der Waals surface area contributed by atoms with Crippen LogP contribution < -0.4 is 17.2 Å². The molecule has 2 aromatic carbocycles. The Morgan fingerprint density at radius 1 is 1.12 bits per heavy atom. The zero-order valence-corrected chi connectivity index (χ0v) is 13.0. The highest BCUT2D eigenvalue weighted by Gasteiger charge is 2.19. The molecule has 0 bridgehead atoms. The SMILES string of the molecule is NC(=O)c1cc([N+](=O)[O-])c(Cl)cc1F.[2H]c1cc(F)c(C(N)=O)cc1N. The van der Waals surface area contributed by atoms with Gasteiger partial charge in [0.25, 0.3) is 17.5 Å². The molecule has 0 aliphatic carbocycles. The van der Waals surface area contributed by atoms with Gasteiger partial charge in [-0.2, -0.15) is 0 Å². The molecule has 0 radical (unpaired) electrons. The standard InChI is InChI=1S/C7H4ClFN2O3.C7H7FN2O/c8-4-2-5(9)3(7(10)12)1-6(4)11(13)14;8-6-2-1-4(9)3-5(6)7(10)11/h1-2H,(H2,10,12);1-3H,9H2,(H2,10,11)/i;1D. The molecule has 8 nitrogen and oxygen atoms in total. The van der Waals surface area contributed by atoms with Crippen LogP contribution in [0.25, 0.3) is 0 Å². The largest absolute Gasteiger partial charge is 0.399 e. The highest BCUT2D eigenvalue weighted by atomic mass is 35.5. The maximum absolute atomic E-state index is 12.9. The van der Waals surface area contributed by atoms with Gasteiger partial charge >= 0.3 is 0 Å². The lowest BCUT2D eigenvalue weighted by Gasteiger charge is -1.99. The molecule has 132 valence electrons. The quantitative estimate of drug-likeness (QED) is 0.426. The van der Waals surface area contributed by atoms with Gasteiger partial charge in [0.05, 0.1) is 17.4 Å². The summed E-state index contributed by atoms with van der Waals surface area (Å²) in [5.74, 6) is -3.77. The maximum Gasteiger partial charge on any atom is 0.288 e. The van der Waals surface area contributed by atoms with Crippen molar-refractivity contribution in [1.82, 2.24) is 0 Å². The van der Waals surface area contributed by atoms with Crippen LogP contribution in [-0.4, -0.2) is 16.7 Å². The van der Waals surface area contributed by atoms with Crippen LogP contribution in [0.5, 0.6) is 0 Å². The maximum atomic E-state index is 12.9. The van der Waals surface area contributed by atoms with Gasteiger partial charge in [-0.25, -0.2) is 8.78 Å². The second kappa shape index (κ2) is 8.02. The van der Waals surface area contributed by atoms with Crippen molar-refractivity contribution >= 4 is 34.8 Å². The number of hydrogen-bond acceptors (Lipinski definition) is 5. The average molecular weight is 374 g/mol. The Labute approximate surface area is 145 Å². The number of nitrogen functional groups attached to an aromatic ring is 1. The lowest BCUT2D eigenvalue weighted by Crippen LogP contribution is -2.13. The predicted molar refractivity (Wildman–Crippen MR) is 85.9 cm³/mol. The number of halogens is 3. The molecule has 0 unspecified atom stereocenters. The van der Waals surface area contributed by atoms with Crippen LogP contribution in [-0.2, 0) is 0 Å². The van der Waals surface area contributed by atoms with Gasteiger partial charge in [-0.3, -0.25) is 19.7 Å². The van der Waals surface area contributed by atoms with Crippen LogP contribution in [0.4, 0.5) is 20.2 Å². The van der Waals surface area contributed by atoms with E-state index in [9.17, 15) is 28.5 Å².